The lowest BCUT2D eigenvalue weighted by atomic mass is 10.2. The number of hydrogen-bond donors (Lipinski definition) is 1. The summed E-state index contributed by atoms with van der Waals surface area (Å²) in [6.07, 6.45) is 4.16. The normalized spacial score (nSPS) is 23.6. The molecular weight excluding hydrogens is 338 g/mol. The van der Waals surface area contributed by atoms with Gasteiger partial charge in [-0.1, -0.05) is 26.8 Å². The summed E-state index contributed by atoms with van der Waals surface area (Å²) in [7, 11) is -1.95. The zero-order valence-electron chi connectivity index (χ0n) is 15.5. The van der Waals surface area contributed by atoms with Crippen LogP contribution in [0.15, 0.2) is 27.9 Å². The monoisotopic (exact) mass is 363 g/mol. The minimum absolute atomic E-state index is 0.0641. The van der Waals surface area contributed by atoms with Gasteiger partial charge in [-0.15, -0.1) is 0 Å². The molecule has 0 spiro atoms. The Balaban J connectivity index is 2.22. The van der Waals surface area contributed by atoms with E-state index in [1.165, 1.54) is 12.3 Å². The first-order chi connectivity index (χ1) is 11.4. The molecule has 0 aliphatic carbocycles. The number of aryl methyl sites for hydroxylation is 1. The Morgan fingerprint density at radius 2 is 2.08 bits per heavy atom. The molecule has 2 atom stereocenters. The van der Waals surface area contributed by atoms with Gasteiger partial charge in [-0.2, -0.15) is 5.26 Å². The van der Waals surface area contributed by atoms with E-state index in [1.54, 1.807) is 13.0 Å². The van der Waals surface area contributed by atoms with E-state index < -0.39 is 31.4 Å². The number of nitrogens with zero attached hydrogens (tertiary/aromatic N) is 2. The molecule has 2 heterocycles. The van der Waals surface area contributed by atoms with Crippen molar-refractivity contribution < 1.29 is 9.16 Å². The molecule has 1 aliphatic heterocycles. The lowest BCUT2D eigenvalue weighted by Crippen LogP contribution is -2.45. The maximum atomic E-state index is 12.1. The second-order valence-corrected chi connectivity index (χ2v) is 12.6. The van der Waals surface area contributed by atoms with Gasteiger partial charge in [0.2, 0.25) is 0 Å². The largest absolute Gasteiger partial charge is 0.414 e. The minimum atomic E-state index is -1.95. The molecule has 0 unspecified atom stereocenters. The number of aromatic amines is 1. The van der Waals surface area contributed by atoms with Crippen molar-refractivity contribution in [3.8, 4) is 6.07 Å². The summed E-state index contributed by atoms with van der Waals surface area (Å²) in [5.74, 6) is 0. The second kappa shape index (κ2) is 6.41. The average molecular weight is 363 g/mol. The first-order valence-electron chi connectivity index (χ1n) is 8.17. The number of H-pyrrole nitrogens is 1. The molecule has 7 nitrogen and oxygen atoms in total. The lowest BCUT2D eigenvalue weighted by Gasteiger charge is -2.37. The fraction of sp³-hybridized carbons (Fsp3) is 0.588. The van der Waals surface area contributed by atoms with Gasteiger partial charge in [-0.3, -0.25) is 14.3 Å². The number of ether oxygens (including phenoxy) is 1. The first-order valence-corrected chi connectivity index (χ1v) is 11.1. The van der Waals surface area contributed by atoms with Crippen molar-refractivity contribution in [2.75, 3.05) is 6.61 Å². The highest BCUT2D eigenvalue weighted by Crippen LogP contribution is 2.37. The zero-order chi connectivity index (χ0) is 19.0. The molecule has 0 aromatic carbocycles. The fourth-order valence-electron chi connectivity index (χ4n) is 2.21. The SMILES string of the molecule is Cc1cn([C@@]2(C#N)C=C[C@@H](CO[Si](C)(C)C(C)(C)C)O2)c(=O)[nH]c1=O. The van der Waals surface area contributed by atoms with Gasteiger partial charge in [0, 0.05) is 11.8 Å². The van der Waals surface area contributed by atoms with Crippen LogP contribution in [0.2, 0.25) is 18.1 Å². The van der Waals surface area contributed by atoms with Gasteiger partial charge in [-0.05, 0) is 31.1 Å². The van der Waals surface area contributed by atoms with E-state index in [9.17, 15) is 14.9 Å². The number of nitrogens with one attached hydrogen (secondary N) is 1. The summed E-state index contributed by atoms with van der Waals surface area (Å²) in [6, 6.07) is 2.03. The molecule has 0 amide bonds. The van der Waals surface area contributed by atoms with E-state index in [2.05, 4.69) is 38.8 Å². The predicted molar refractivity (Wildman–Crippen MR) is 96.8 cm³/mol. The Bertz CT molecular complexity index is 841. The first kappa shape index (κ1) is 19.4. The van der Waals surface area contributed by atoms with Gasteiger partial charge >= 0.3 is 5.69 Å². The Morgan fingerprint density at radius 3 is 2.64 bits per heavy atom. The molecule has 1 aromatic rings. The van der Waals surface area contributed by atoms with Crippen molar-refractivity contribution in [3.05, 3.63) is 44.8 Å². The molecule has 2 rings (SSSR count). The van der Waals surface area contributed by atoms with E-state index in [-0.39, 0.29) is 5.04 Å². The molecule has 1 N–H and O–H groups in total. The molecule has 0 fully saturated rings. The van der Waals surface area contributed by atoms with Gasteiger partial charge in [0.05, 0.1) is 6.61 Å². The minimum Gasteiger partial charge on any atom is -0.414 e. The average Bonchev–Trinajstić information content (AvgIpc) is 2.92. The van der Waals surface area contributed by atoms with Crippen LogP contribution in [0.5, 0.6) is 0 Å². The Kier molecular flexibility index (Phi) is 4.96. The van der Waals surface area contributed by atoms with Crippen LogP contribution in [0.25, 0.3) is 0 Å². The van der Waals surface area contributed by atoms with Gasteiger partial charge < -0.3 is 9.16 Å². The summed E-state index contributed by atoms with van der Waals surface area (Å²) in [5.41, 5.74) is -2.41. The summed E-state index contributed by atoms with van der Waals surface area (Å²) in [4.78, 5) is 25.9. The van der Waals surface area contributed by atoms with Crippen molar-refractivity contribution >= 4 is 8.32 Å². The van der Waals surface area contributed by atoms with Crippen LogP contribution in [0.1, 0.15) is 26.3 Å². The molecule has 0 radical (unpaired) electrons. The van der Waals surface area contributed by atoms with Crippen LogP contribution in [0.3, 0.4) is 0 Å². The van der Waals surface area contributed by atoms with Crippen molar-refractivity contribution in [3.63, 3.8) is 0 Å². The third-order valence-corrected chi connectivity index (χ3v) is 9.42. The van der Waals surface area contributed by atoms with Gasteiger partial charge in [-0.25, -0.2) is 4.79 Å². The smallest absolute Gasteiger partial charge is 0.331 e. The van der Waals surface area contributed by atoms with E-state index >= 15 is 0 Å². The Morgan fingerprint density at radius 1 is 1.44 bits per heavy atom. The van der Waals surface area contributed by atoms with Crippen LogP contribution >= 0.6 is 0 Å². The standard InChI is InChI=1S/C17H25N3O4Si/c1-12-9-20(15(22)19-14(12)21)17(11-18)8-7-13(24-17)10-23-25(5,6)16(2,3)4/h7-9,13H,10H2,1-6H3,(H,19,21,22)/t13-,17-/m0/s1. The number of rotatable bonds is 4. The molecule has 136 valence electrons. The third kappa shape index (κ3) is 3.68. The van der Waals surface area contributed by atoms with Crippen molar-refractivity contribution in [1.29, 1.82) is 5.26 Å². The van der Waals surface area contributed by atoms with Gasteiger partial charge in [0.15, 0.2) is 8.32 Å². The summed E-state index contributed by atoms with van der Waals surface area (Å²) in [6.45, 7) is 12.6. The molecule has 8 heteroatoms. The number of nitriles is 1. The highest BCUT2D eigenvalue weighted by Gasteiger charge is 2.42. The second-order valence-electron chi connectivity index (χ2n) is 7.84. The van der Waals surface area contributed by atoms with Crippen molar-refractivity contribution in [1.82, 2.24) is 9.55 Å². The summed E-state index contributed by atoms with van der Waals surface area (Å²) in [5, 5.41) is 9.68. The van der Waals surface area contributed by atoms with Crippen molar-refractivity contribution in [2.24, 2.45) is 0 Å². The van der Waals surface area contributed by atoms with Gasteiger partial charge in [0.25, 0.3) is 11.3 Å². The highest BCUT2D eigenvalue weighted by atomic mass is 28.4. The maximum Gasteiger partial charge on any atom is 0.331 e. The fourth-order valence-corrected chi connectivity index (χ4v) is 3.23. The number of aromatic nitrogens is 2. The Labute approximate surface area is 148 Å². The summed E-state index contributed by atoms with van der Waals surface area (Å²) >= 11 is 0. The summed E-state index contributed by atoms with van der Waals surface area (Å²) < 4.78 is 13.1. The van der Waals surface area contributed by atoms with Gasteiger partial charge in [0.1, 0.15) is 12.2 Å². The molecule has 1 aliphatic rings. The highest BCUT2D eigenvalue weighted by molar-refractivity contribution is 6.74. The maximum absolute atomic E-state index is 12.1. The van der Waals surface area contributed by atoms with E-state index in [0.29, 0.717) is 12.2 Å². The third-order valence-electron chi connectivity index (χ3n) is 4.92. The lowest BCUT2D eigenvalue weighted by molar-refractivity contribution is -0.0559. The molecule has 25 heavy (non-hydrogen) atoms. The van der Waals surface area contributed by atoms with Crippen LogP contribution in [-0.4, -0.2) is 30.6 Å². The molecule has 0 saturated carbocycles. The van der Waals surface area contributed by atoms with E-state index in [0.717, 1.165) is 4.57 Å². The van der Waals surface area contributed by atoms with E-state index in [1.807, 2.05) is 6.07 Å². The zero-order valence-corrected chi connectivity index (χ0v) is 16.5. The Hall–Kier alpha value is -1.95. The number of hydrogen-bond acceptors (Lipinski definition) is 5. The van der Waals surface area contributed by atoms with Crippen LogP contribution in [0, 0.1) is 18.3 Å². The molecular formula is C17H25N3O4Si. The topological polar surface area (TPSA) is 97.1 Å². The van der Waals surface area contributed by atoms with Crippen LogP contribution in [0.4, 0.5) is 0 Å². The van der Waals surface area contributed by atoms with E-state index in [4.69, 9.17) is 9.16 Å². The molecule has 1 aromatic heterocycles. The predicted octanol–water partition coefficient (Wildman–Crippen LogP) is 2.00. The van der Waals surface area contributed by atoms with Crippen LogP contribution in [-0.2, 0) is 14.9 Å². The quantitative estimate of drug-likeness (QED) is 0.652. The van der Waals surface area contributed by atoms with Crippen LogP contribution < -0.4 is 11.2 Å². The molecule has 0 bridgehead atoms. The van der Waals surface area contributed by atoms with Crippen molar-refractivity contribution in [2.45, 2.75) is 57.7 Å². The molecule has 0 saturated heterocycles.